The van der Waals surface area contributed by atoms with Gasteiger partial charge in [0.05, 0.1) is 24.9 Å². The summed E-state index contributed by atoms with van der Waals surface area (Å²) in [6.07, 6.45) is 1.14. The number of benzene rings is 1. The van der Waals surface area contributed by atoms with Gasteiger partial charge in [0.2, 0.25) is 5.91 Å². The van der Waals surface area contributed by atoms with Crippen molar-refractivity contribution in [2.45, 2.75) is 32.4 Å². The monoisotopic (exact) mass is 264 g/mol. The van der Waals surface area contributed by atoms with Crippen molar-refractivity contribution in [1.82, 2.24) is 0 Å². The highest BCUT2D eigenvalue weighted by Gasteiger charge is 2.24. The summed E-state index contributed by atoms with van der Waals surface area (Å²) in [5.74, 6) is 0.668. The molecule has 1 aromatic rings. The standard InChI is InChI=1S/C14H20N2O3/c1-9-12(6-7-19-9)16-13-8-11(15-10(2)17)4-5-14(13)18-3/h4-5,8-9,12,16H,6-7H2,1-3H3,(H,15,17). The molecule has 0 radical (unpaired) electrons. The molecule has 1 heterocycles. The van der Waals surface area contributed by atoms with Crippen LogP contribution >= 0.6 is 0 Å². The first kappa shape index (κ1) is 13.7. The van der Waals surface area contributed by atoms with E-state index in [1.54, 1.807) is 7.11 Å². The SMILES string of the molecule is COc1ccc(NC(C)=O)cc1NC1CCOC1C. The zero-order valence-electron chi connectivity index (χ0n) is 11.5. The van der Waals surface area contributed by atoms with Crippen LogP contribution in [0.25, 0.3) is 0 Å². The Balaban J connectivity index is 2.18. The second kappa shape index (κ2) is 5.93. The fourth-order valence-electron chi connectivity index (χ4n) is 2.22. The van der Waals surface area contributed by atoms with E-state index in [2.05, 4.69) is 17.6 Å². The molecule has 1 aromatic carbocycles. The van der Waals surface area contributed by atoms with E-state index in [0.717, 1.165) is 30.2 Å². The highest BCUT2D eigenvalue weighted by atomic mass is 16.5. The molecule has 0 saturated carbocycles. The van der Waals surface area contributed by atoms with Crippen LogP contribution in [0, 0.1) is 0 Å². The second-order valence-corrected chi connectivity index (χ2v) is 4.71. The fourth-order valence-corrected chi connectivity index (χ4v) is 2.22. The zero-order valence-corrected chi connectivity index (χ0v) is 11.5. The van der Waals surface area contributed by atoms with Crippen LogP contribution in [0.3, 0.4) is 0 Å². The maximum absolute atomic E-state index is 11.1. The van der Waals surface area contributed by atoms with Gasteiger partial charge < -0.3 is 20.1 Å². The van der Waals surface area contributed by atoms with E-state index in [9.17, 15) is 4.79 Å². The number of amides is 1. The largest absolute Gasteiger partial charge is 0.495 e. The molecule has 0 aromatic heterocycles. The third-order valence-electron chi connectivity index (χ3n) is 3.24. The van der Waals surface area contributed by atoms with Gasteiger partial charge in [-0.3, -0.25) is 4.79 Å². The fraction of sp³-hybridized carbons (Fsp3) is 0.500. The lowest BCUT2D eigenvalue weighted by atomic mass is 10.1. The molecule has 5 nitrogen and oxygen atoms in total. The average molecular weight is 264 g/mol. The first-order valence-electron chi connectivity index (χ1n) is 6.44. The summed E-state index contributed by atoms with van der Waals surface area (Å²) in [5.41, 5.74) is 1.62. The molecule has 1 amide bonds. The number of methoxy groups -OCH3 is 1. The Bertz CT molecular complexity index is 462. The quantitative estimate of drug-likeness (QED) is 0.875. The van der Waals surface area contributed by atoms with Crippen LogP contribution in [-0.2, 0) is 9.53 Å². The van der Waals surface area contributed by atoms with Crippen molar-refractivity contribution >= 4 is 17.3 Å². The van der Waals surface area contributed by atoms with Gasteiger partial charge in [0.15, 0.2) is 0 Å². The Labute approximate surface area is 113 Å². The van der Waals surface area contributed by atoms with Gasteiger partial charge in [-0.15, -0.1) is 0 Å². The molecular weight excluding hydrogens is 244 g/mol. The van der Waals surface area contributed by atoms with E-state index in [0.29, 0.717) is 0 Å². The summed E-state index contributed by atoms with van der Waals surface area (Å²) < 4.78 is 10.9. The molecule has 104 valence electrons. The van der Waals surface area contributed by atoms with Crippen molar-refractivity contribution in [2.24, 2.45) is 0 Å². The minimum Gasteiger partial charge on any atom is -0.495 e. The third-order valence-corrected chi connectivity index (χ3v) is 3.24. The normalized spacial score (nSPS) is 22.1. The molecule has 2 unspecified atom stereocenters. The Morgan fingerprint density at radius 2 is 2.26 bits per heavy atom. The van der Waals surface area contributed by atoms with E-state index >= 15 is 0 Å². The first-order valence-corrected chi connectivity index (χ1v) is 6.44. The topological polar surface area (TPSA) is 59.6 Å². The third kappa shape index (κ3) is 3.38. The predicted octanol–water partition coefficient (Wildman–Crippen LogP) is 2.24. The Morgan fingerprint density at radius 3 is 2.84 bits per heavy atom. The maximum atomic E-state index is 11.1. The molecule has 2 rings (SSSR count). The van der Waals surface area contributed by atoms with E-state index < -0.39 is 0 Å². The lowest BCUT2D eigenvalue weighted by Crippen LogP contribution is -2.26. The smallest absolute Gasteiger partial charge is 0.221 e. The molecule has 1 fully saturated rings. The van der Waals surface area contributed by atoms with Crippen LogP contribution in [0.5, 0.6) is 5.75 Å². The molecule has 0 bridgehead atoms. The number of nitrogens with one attached hydrogen (secondary N) is 2. The van der Waals surface area contributed by atoms with E-state index in [4.69, 9.17) is 9.47 Å². The van der Waals surface area contributed by atoms with Crippen LogP contribution in [0.1, 0.15) is 20.3 Å². The van der Waals surface area contributed by atoms with E-state index in [1.165, 1.54) is 6.92 Å². The van der Waals surface area contributed by atoms with E-state index in [-0.39, 0.29) is 18.1 Å². The van der Waals surface area contributed by atoms with Crippen LogP contribution in [-0.4, -0.2) is 31.8 Å². The number of hydrogen-bond acceptors (Lipinski definition) is 4. The van der Waals surface area contributed by atoms with Crippen molar-refractivity contribution in [1.29, 1.82) is 0 Å². The number of ether oxygens (including phenoxy) is 2. The lowest BCUT2D eigenvalue weighted by molar-refractivity contribution is -0.114. The zero-order chi connectivity index (χ0) is 13.8. The number of anilines is 2. The average Bonchev–Trinajstić information content (AvgIpc) is 2.75. The molecule has 19 heavy (non-hydrogen) atoms. The van der Waals surface area contributed by atoms with Gasteiger partial charge in [-0.25, -0.2) is 0 Å². The Morgan fingerprint density at radius 1 is 1.47 bits per heavy atom. The summed E-state index contributed by atoms with van der Waals surface area (Å²) in [6, 6.07) is 5.81. The molecule has 1 saturated heterocycles. The second-order valence-electron chi connectivity index (χ2n) is 4.71. The highest BCUT2D eigenvalue weighted by molar-refractivity contribution is 5.89. The van der Waals surface area contributed by atoms with Crippen molar-refractivity contribution < 1.29 is 14.3 Å². The van der Waals surface area contributed by atoms with Crippen molar-refractivity contribution in [3.05, 3.63) is 18.2 Å². The highest BCUT2D eigenvalue weighted by Crippen LogP contribution is 2.30. The van der Waals surface area contributed by atoms with E-state index in [1.807, 2.05) is 18.2 Å². The van der Waals surface area contributed by atoms with Crippen molar-refractivity contribution in [2.75, 3.05) is 24.4 Å². The molecule has 0 aliphatic carbocycles. The Kier molecular flexibility index (Phi) is 4.27. The molecule has 1 aliphatic rings. The van der Waals surface area contributed by atoms with Crippen LogP contribution in [0.15, 0.2) is 18.2 Å². The minimum absolute atomic E-state index is 0.0892. The molecule has 5 heteroatoms. The molecule has 2 N–H and O–H groups in total. The van der Waals surface area contributed by atoms with Crippen LogP contribution in [0.4, 0.5) is 11.4 Å². The molecule has 1 aliphatic heterocycles. The predicted molar refractivity (Wildman–Crippen MR) is 74.7 cm³/mol. The number of hydrogen-bond donors (Lipinski definition) is 2. The van der Waals surface area contributed by atoms with Gasteiger partial charge in [0.25, 0.3) is 0 Å². The summed E-state index contributed by atoms with van der Waals surface area (Å²) in [4.78, 5) is 11.1. The van der Waals surface area contributed by atoms with Crippen LogP contribution in [0.2, 0.25) is 0 Å². The van der Waals surface area contributed by atoms with Gasteiger partial charge in [-0.05, 0) is 31.5 Å². The number of rotatable bonds is 4. The lowest BCUT2D eigenvalue weighted by Gasteiger charge is -2.20. The van der Waals surface area contributed by atoms with Gasteiger partial charge in [-0.2, -0.15) is 0 Å². The summed E-state index contributed by atoms with van der Waals surface area (Å²) in [7, 11) is 1.63. The van der Waals surface area contributed by atoms with Crippen molar-refractivity contribution in [3.63, 3.8) is 0 Å². The van der Waals surface area contributed by atoms with Gasteiger partial charge in [-0.1, -0.05) is 0 Å². The minimum atomic E-state index is -0.0892. The molecule has 2 atom stereocenters. The van der Waals surface area contributed by atoms with Crippen LogP contribution < -0.4 is 15.4 Å². The molecular formula is C14H20N2O3. The summed E-state index contributed by atoms with van der Waals surface area (Å²) in [5, 5.41) is 6.19. The summed E-state index contributed by atoms with van der Waals surface area (Å²) in [6.45, 7) is 4.31. The van der Waals surface area contributed by atoms with Gasteiger partial charge in [0, 0.05) is 19.2 Å². The van der Waals surface area contributed by atoms with Gasteiger partial charge in [0.1, 0.15) is 5.75 Å². The molecule has 0 spiro atoms. The van der Waals surface area contributed by atoms with Gasteiger partial charge >= 0.3 is 0 Å². The Hall–Kier alpha value is -1.75. The maximum Gasteiger partial charge on any atom is 0.221 e. The summed E-state index contributed by atoms with van der Waals surface area (Å²) >= 11 is 0. The first-order chi connectivity index (χ1) is 9.10. The van der Waals surface area contributed by atoms with Crippen molar-refractivity contribution in [3.8, 4) is 5.75 Å². The number of carbonyl (C=O) groups excluding carboxylic acids is 1. The number of carbonyl (C=O) groups is 1.